The molecule has 0 bridgehead atoms. The van der Waals surface area contributed by atoms with Crippen LogP contribution in [0.25, 0.3) is 0 Å². The number of carbonyl (C=O) groups is 1. The first-order valence-corrected chi connectivity index (χ1v) is 12.6. The van der Waals surface area contributed by atoms with Crippen LogP contribution in [0, 0.1) is 10.1 Å². The van der Waals surface area contributed by atoms with Gasteiger partial charge in [-0.2, -0.15) is 5.10 Å². The number of benzene rings is 3. The fourth-order valence-corrected chi connectivity index (χ4v) is 5.09. The van der Waals surface area contributed by atoms with Gasteiger partial charge in [-0.15, -0.1) is 0 Å². The minimum absolute atomic E-state index is 0.0487. The van der Waals surface area contributed by atoms with Crippen LogP contribution in [-0.4, -0.2) is 60.4 Å². The first-order chi connectivity index (χ1) is 18.7. The highest BCUT2D eigenvalue weighted by Gasteiger charge is 2.34. The van der Waals surface area contributed by atoms with Gasteiger partial charge in [0.25, 0.3) is 21.6 Å². The van der Waals surface area contributed by atoms with Crippen LogP contribution in [0.2, 0.25) is 0 Å². The van der Waals surface area contributed by atoms with Gasteiger partial charge in [0.2, 0.25) is 0 Å². The summed E-state index contributed by atoms with van der Waals surface area (Å²) in [4.78, 5) is 23.1. The lowest BCUT2D eigenvalue weighted by Gasteiger charge is -2.25. The average Bonchev–Trinajstić information content (AvgIpc) is 2.95. The number of para-hydroxylation sites is 1. The summed E-state index contributed by atoms with van der Waals surface area (Å²) < 4.78 is 49.1. The van der Waals surface area contributed by atoms with Crippen molar-refractivity contribution in [2.24, 2.45) is 5.10 Å². The van der Waals surface area contributed by atoms with E-state index in [1.54, 1.807) is 18.2 Å². The number of carbonyl (C=O) groups excluding carboxylic acids is 1. The molecule has 0 fully saturated rings. The van der Waals surface area contributed by atoms with E-state index in [9.17, 15) is 23.3 Å². The molecule has 0 aliphatic rings. The molecule has 1 amide bonds. The van der Waals surface area contributed by atoms with Gasteiger partial charge in [-0.1, -0.05) is 12.1 Å². The number of hydrogen-bond acceptors (Lipinski definition) is 10. The van der Waals surface area contributed by atoms with Crippen molar-refractivity contribution >= 4 is 33.5 Å². The molecular formula is C25H26N4O9S. The predicted octanol–water partition coefficient (Wildman–Crippen LogP) is 2.97. The molecule has 0 saturated carbocycles. The fraction of sp³-hybridized carbons (Fsp3) is 0.200. The molecule has 3 rings (SSSR count). The molecule has 0 spiro atoms. The zero-order valence-electron chi connectivity index (χ0n) is 21.5. The van der Waals surface area contributed by atoms with Gasteiger partial charge in [0, 0.05) is 23.8 Å². The first kappa shape index (κ1) is 28.7. The summed E-state index contributed by atoms with van der Waals surface area (Å²) in [5.74, 6) is 0.559. The molecule has 1 N–H and O–H groups in total. The van der Waals surface area contributed by atoms with E-state index in [0.717, 1.165) is 12.1 Å². The minimum atomic E-state index is -4.65. The van der Waals surface area contributed by atoms with Crippen LogP contribution < -0.4 is 28.7 Å². The maximum Gasteiger partial charge on any atom is 0.289 e. The van der Waals surface area contributed by atoms with Crippen molar-refractivity contribution in [3.63, 3.8) is 0 Å². The van der Waals surface area contributed by atoms with E-state index in [0.29, 0.717) is 27.1 Å². The Hall–Kier alpha value is -4.85. The highest BCUT2D eigenvalue weighted by atomic mass is 32.2. The third-order valence-corrected chi connectivity index (χ3v) is 7.21. The fourth-order valence-electron chi connectivity index (χ4n) is 3.50. The van der Waals surface area contributed by atoms with Crippen LogP contribution >= 0.6 is 0 Å². The zero-order valence-corrected chi connectivity index (χ0v) is 22.3. The predicted molar refractivity (Wildman–Crippen MR) is 142 cm³/mol. The maximum atomic E-state index is 13.7. The number of nitrogens with zero attached hydrogens (tertiary/aromatic N) is 3. The third kappa shape index (κ3) is 6.54. The standard InChI is InChI=1S/C25H26N4O9S/c1-35-18-10-9-17(22(13-18)37-3)15-26-27-25(30)16-28(20-12-11-19(36-2)14-23(20)38-4)39(33,34)24-8-6-5-7-21(24)29(31)32/h5-15H,16H2,1-4H3,(H,27,30)/b26-15+. The quantitative estimate of drug-likeness (QED) is 0.200. The van der Waals surface area contributed by atoms with Gasteiger partial charge >= 0.3 is 0 Å². The number of methoxy groups -OCH3 is 4. The number of amides is 1. The second kappa shape index (κ2) is 12.6. The molecule has 39 heavy (non-hydrogen) atoms. The molecule has 3 aromatic rings. The van der Waals surface area contributed by atoms with Crippen molar-refractivity contribution < 1.29 is 37.1 Å². The van der Waals surface area contributed by atoms with Crippen molar-refractivity contribution in [3.05, 3.63) is 76.3 Å². The summed E-state index contributed by atoms with van der Waals surface area (Å²) in [6.07, 6.45) is 1.31. The van der Waals surface area contributed by atoms with Gasteiger partial charge in [0.1, 0.15) is 29.5 Å². The van der Waals surface area contributed by atoms with Gasteiger partial charge in [0.15, 0.2) is 4.90 Å². The van der Waals surface area contributed by atoms with Crippen molar-refractivity contribution in [2.75, 3.05) is 39.3 Å². The highest BCUT2D eigenvalue weighted by molar-refractivity contribution is 7.93. The topological polar surface area (TPSA) is 159 Å². The van der Waals surface area contributed by atoms with Crippen LogP contribution in [0.15, 0.2) is 70.7 Å². The lowest BCUT2D eigenvalue weighted by atomic mass is 10.2. The average molecular weight is 559 g/mol. The molecule has 0 aliphatic carbocycles. The van der Waals surface area contributed by atoms with E-state index in [1.807, 2.05) is 0 Å². The lowest BCUT2D eigenvalue weighted by Crippen LogP contribution is -2.40. The van der Waals surface area contributed by atoms with Crippen LogP contribution in [0.3, 0.4) is 0 Å². The summed E-state index contributed by atoms with van der Waals surface area (Å²) in [6, 6.07) is 14.0. The van der Waals surface area contributed by atoms with Gasteiger partial charge in [-0.25, -0.2) is 13.8 Å². The number of hydrazone groups is 1. The zero-order chi connectivity index (χ0) is 28.6. The van der Waals surface area contributed by atoms with E-state index in [1.165, 1.54) is 65.0 Å². The van der Waals surface area contributed by atoms with E-state index in [4.69, 9.17) is 18.9 Å². The Morgan fingerprint density at radius 2 is 1.56 bits per heavy atom. The molecule has 206 valence electrons. The third-order valence-electron chi connectivity index (χ3n) is 5.41. The Balaban J connectivity index is 1.99. The van der Waals surface area contributed by atoms with Gasteiger partial charge in [-0.3, -0.25) is 19.2 Å². The van der Waals surface area contributed by atoms with E-state index in [-0.39, 0.29) is 11.4 Å². The van der Waals surface area contributed by atoms with E-state index >= 15 is 0 Å². The molecular weight excluding hydrogens is 532 g/mol. The normalized spacial score (nSPS) is 11.1. The molecule has 0 radical (unpaired) electrons. The molecule has 0 heterocycles. The molecule has 3 aromatic carbocycles. The van der Waals surface area contributed by atoms with E-state index < -0.39 is 38.0 Å². The number of nitro benzene ring substituents is 1. The summed E-state index contributed by atoms with van der Waals surface area (Å²) in [5, 5.41) is 15.5. The maximum absolute atomic E-state index is 13.7. The monoisotopic (exact) mass is 558 g/mol. The SMILES string of the molecule is COc1ccc(/C=N/NC(=O)CN(c2ccc(OC)cc2OC)S(=O)(=O)c2ccccc2[N+](=O)[O-])c(OC)c1. The molecule has 13 nitrogen and oxygen atoms in total. The summed E-state index contributed by atoms with van der Waals surface area (Å²) in [7, 11) is 1.04. The molecule has 0 aliphatic heterocycles. The Bertz CT molecular complexity index is 1490. The Morgan fingerprint density at radius 3 is 2.18 bits per heavy atom. The van der Waals surface area contributed by atoms with Crippen molar-refractivity contribution in [1.29, 1.82) is 0 Å². The molecule has 0 aromatic heterocycles. The number of hydrogen-bond donors (Lipinski definition) is 1. The van der Waals surface area contributed by atoms with Crippen molar-refractivity contribution in [1.82, 2.24) is 5.43 Å². The summed E-state index contributed by atoms with van der Waals surface area (Å²) in [5.41, 5.74) is 2.08. The van der Waals surface area contributed by atoms with Crippen molar-refractivity contribution in [3.8, 4) is 23.0 Å². The second-order valence-corrected chi connectivity index (χ2v) is 9.51. The van der Waals surface area contributed by atoms with Crippen LogP contribution in [0.1, 0.15) is 5.56 Å². The molecule has 0 unspecified atom stereocenters. The number of sulfonamides is 1. The number of nitro groups is 1. The minimum Gasteiger partial charge on any atom is -0.497 e. The Morgan fingerprint density at radius 1 is 0.949 bits per heavy atom. The Kier molecular flexibility index (Phi) is 9.28. The van der Waals surface area contributed by atoms with Crippen LogP contribution in [-0.2, 0) is 14.8 Å². The lowest BCUT2D eigenvalue weighted by molar-refractivity contribution is -0.387. The Labute approximate surface area is 224 Å². The highest BCUT2D eigenvalue weighted by Crippen LogP contribution is 2.37. The smallest absolute Gasteiger partial charge is 0.289 e. The van der Waals surface area contributed by atoms with Gasteiger partial charge in [-0.05, 0) is 30.3 Å². The van der Waals surface area contributed by atoms with Crippen molar-refractivity contribution in [2.45, 2.75) is 4.90 Å². The number of rotatable bonds is 12. The largest absolute Gasteiger partial charge is 0.497 e. The van der Waals surface area contributed by atoms with Gasteiger partial charge < -0.3 is 18.9 Å². The van der Waals surface area contributed by atoms with E-state index in [2.05, 4.69) is 10.5 Å². The summed E-state index contributed by atoms with van der Waals surface area (Å²) >= 11 is 0. The summed E-state index contributed by atoms with van der Waals surface area (Å²) in [6.45, 7) is -0.784. The molecule has 14 heteroatoms. The molecule has 0 atom stereocenters. The van der Waals surface area contributed by atoms with Gasteiger partial charge in [0.05, 0.1) is 45.3 Å². The number of anilines is 1. The van der Waals surface area contributed by atoms with Crippen LogP contribution in [0.5, 0.6) is 23.0 Å². The number of ether oxygens (including phenoxy) is 4. The second-order valence-electron chi connectivity index (χ2n) is 7.68. The van der Waals surface area contributed by atoms with Crippen LogP contribution in [0.4, 0.5) is 11.4 Å². The molecule has 0 saturated heterocycles. The first-order valence-electron chi connectivity index (χ1n) is 11.2. The number of nitrogens with one attached hydrogen (secondary N) is 1.